The number of hydrogen-bond donors (Lipinski definition) is 1. The predicted octanol–water partition coefficient (Wildman–Crippen LogP) is 4.38. The van der Waals surface area contributed by atoms with E-state index in [2.05, 4.69) is 55.9 Å². The Morgan fingerprint density at radius 1 is 1.32 bits per heavy atom. The maximum Gasteiger partial charge on any atom is 0.166 e. The Hall–Kier alpha value is -0.610. The van der Waals surface area contributed by atoms with E-state index in [4.69, 9.17) is 4.74 Å². The van der Waals surface area contributed by atoms with Gasteiger partial charge in [-0.25, -0.2) is 4.39 Å². The summed E-state index contributed by atoms with van der Waals surface area (Å²) in [5.74, 6) is 0.270. The van der Waals surface area contributed by atoms with Gasteiger partial charge >= 0.3 is 0 Å². The van der Waals surface area contributed by atoms with E-state index >= 15 is 0 Å². The Balaban J connectivity index is 2.73. The van der Waals surface area contributed by atoms with Gasteiger partial charge in [0.15, 0.2) is 11.6 Å². The highest BCUT2D eigenvalue weighted by Crippen LogP contribution is 2.23. The van der Waals surface area contributed by atoms with Crippen LogP contribution in [0, 0.1) is 11.7 Å². The van der Waals surface area contributed by atoms with Crippen molar-refractivity contribution < 1.29 is 9.13 Å². The molecular formula is C15H23BrFNO. The first-order chi connectivity index (χ1) is 8.69. The van der Waals surface area contributed by atoms with Crippen LogP contribution in [0.3, 0.4) is 0 Å². The smallest absolute Gasteiger partial charge is 0.166 e. The minimum Gasteiger partial charge on any atom is -0.486 e. The van der Waals surface area contributed by atoms with Crippen LogP contribution in [0.2, 0.25) is 0 Å². The second-order valence-electron chi connectivity index (χ2n) is 6.11. The molecule has 1 atom stereocenters. The molecule has 0 saturated heterocycles. The lowest BCUT2D eigenvalue weighted by Gasteiger charge is -2.28. The quantitative estimate of drug-likeness (QED) is 0.864. The van der Waals surface area contributed by atoms with Gasteiger partial charge in [-0.1, -0.05) is 29.8 Å². The van der Waals surface area contributed by atoms with E-state index in [0.717, 1.165) is 0 Å². The third-order valence-electron chi connectivity index (χ3n) is 2.75. The monoisotopic (exact) mass is 331 g/mol. The van der Waals surface area contributed by atoms with Gasteiger partial charge in [0.1, 0.15) is 6.10 Å². The molecule has 19 heavy (non-hydrogen) atoms. The van der Waals surface area contributed by atoms with E-state index in [9.17, 15) is 4.39 Å². The lowest BCUT2D eigenvalue weighted by Crippen LogP contribution is -2.44. The maximum absolute atomic E-state index is 13.8. The molecular weight excluding hydrogens is 309 g/mol. The van der Waals surface area contributed by atoms with E-state index in [1.54, 1.807) is 12.1 Å². The molecule has 0 aliphatic rings. The number of hydrogen-bond acceptors (Lipinski definition) is 2. The average molecular weight is 332 g/mol. The normalized spacial score (nSPS) is 13.7. The highest BCUT2D eigenvalue weighted by atomic mass is 79.9. The summed E-state index contributed by atoms with van der Waals surface area (Å²) < 4.78 is 20.3. The highest BCUT2D eigenvalue weighted by Gasteiger charge is 2.20. The van der Waals surface area contributed by atoms with Gasteiger partial charge in [-0.05, 0) is 44.9 Å². The molecule has 0 aromatic heterocycles. The molecule has 108 valence electrons. The lowest BCUT2D eigenvalue weighted by molar-refractivity contribution is 0.134. The largest absolute Gasteiger partial charge is 0.486 e. The number of benzene rings is 1. The van der Waals surface area contributed by atoms with Gasteiger partial charge in [0, 0.05) is 16.6 Å². The summed E-state index contributed by atoms with van der Waals surface area (Å²) in [6.45, 7) is 11.1. The molecule has 0 aliphatic carbocycles. The lowest BCUT2D eigenvalue weighted by atomic mass is 10.0. The van der Waals surface area contributed by atoms with E-state index in [1.807, 2.05) is 0 Å². The van der Waals surface area contributed by atoms with Crippen molar-refractivity contribution in [2.75, 3.05) is 6.54 Å². The zero-order valence-electron chi connectivity index (χ0n) is 12.3. The van der Waals surface area contributed by atoms with Gasteiger partial charge in [0.25, 0.3) is 0 Å². The third kappa shape index (κ3) is 5.91. The summed E-state index contributed by atoms with van der Waals surface area (Å²) in [4.78, 5) is 0. The molecule has 1 aromatic rings. The Labute approximate surface area is 123 Å². The molecule has 0 spiro atoms. The van der Waals surface area contributed by atoms with E-state index in [-0.39, 0.29) is 17.5 Å². The van der Waals surface area contributed by atoms with Gasteiger partial charge < -0.3 is 10.1 Å². The van der Waals surface area contributed by atoms with Crippen LogP contribution in [0.1, 0.15) is 34.6 Å². The second kappa shape index (κ2) is 6.71. The standard InChI is InChI=1S/C15H23BrFNO/c1-10(2)14(9-18-15(3,4)5)19-13-7-6-11(16)8-12(13)17/h6-8,10,14,18H,9H2,1-5H3. The second-order valence-corrected chi connectivity index (χ2v) is 7.02. The molecule has 1 N–H and O–H groups in total. The number of rotatable bonds is 5. The van der Waals surface area contributed by atoms with Crippen LogP contribution >= 0.6 is 15.9 Å². The molecule has 0 amide bonds. The fourth-order valence-corrected chi connectivity index (χ4v) is 1.89. The van der Waals surface area contributed by atoms with Crippen LogP contribution in [0.15, 0.2) is 22.7 Å². The molecule has 1 unspecified atom stereocenters. The Bertz CT molecular complexity index is 415. The summed E-state index contributed by atoms with van der Waals surface area (Å²) in [5.41, 5.74) is 0.0226. The average Bonchev–Trinajstić information content (AvgIpc) is 2.24. The molecule has 2 nitrogen and oxygen atoms in total. The maximum atomic E-state index is 13.8. The fourth-order valence-electron chi connectivity index (χ4n) is 1.55. The number of ether oxygens (including phenoxy) is 1. The Morgan fingerprint density at radius 3 is 2.42 bits per heavy atom. The molecule has 4 heteroatoms. The molecule has 0 heterocycles. The van der Waals surface area contributed by atoms with Crippen molar-refractivity contribution in [3.8, 4) is 5.75 Å². The van der Waals surface area contributed by atoms with Crippen molar-refractivity contribution >= 4 is 15.9 Å². The van der Waals surface area contributed by atoms with Crippen molar-refractivity contribution in [1.82, 2.24) is 5.32 Å². The van der Waals surface area contributed by atoms with E-state index in [1.165, 1.54) is 6.07 Å². The molecule has 1 aromatic carbocycles. The molecule has 0 bridgehead atoms. The molecule has 0 saturated carbocycles. The van der Waals surface area contributed by atoms with E-state index in [0.29, 0.717) is 22.7 Å². The van der Waals surface area contributed by atoms with E-state index < -0.39 is 0 Å². The molecule has 1 rings (SSSR count). The van der Waals surface area contributed by atoms with Crippen molar-refractivity contribution in [2.45, 2.75) is 46.3 Å². The zero-order chi connectivity index (χ0) is 14.6. The van der Waals surface area contributed by atoms with Crippen molar-refractivity contribution in [1.29, 1.82) is 0 Å². The van der Waals surface area contributed by atoms with Gasteiger partial charge in [0.05, 0.1) is 0 Å². The van der Waals surface area contributed by atoms with Gasteiger partial charge in [-0.3, -0.25) is 0 Å². The third-order valence-corrected chi connectivity index (χ3v) is 3.24. The van der Waals surface area contributed by atoms with Crippen LogP contribution in [0.25, 0.3) is 0 Å². The summed E-state index contributed by atoms with van der Waals surface area (Å²) in [7, 11) is 0. The minimum absolute atomic E-state index is 0.0226. The Morgan fingerprint density at radius 2 is 1.95 bits per heavy atom. The number of halogens is 2. The number of nitrogens with one attached hydrogen (secondary N) is 1. The van der Waals surface area contributed by atoms with Crippen LogP contribution in [0.5, 0.6) is 5.75 Å². The zero-order valence-corrected chi connectivity index (χ0v) is 13.8. The highest BCUT2D eigenvalue weighted by molar-refractivity contribution is 9.10. The minimum atomic E-state index is -0.337. The topological polar surface area (TPSA) is 21.3 Å². The van der Waals surface area contributed by atoms with Crippen LogP contribution in [0.4, 0.5) is 4.39 Å². The SMILES string of the molecule is CC(C)C(CNC(C)(C)C)Oc1ccc(Br)cc1F. The van der Waals surface area contributed by atoms with Gasteiger partial charge in [-0.15, -0.1) is 0 Å². The molecule has 0 radical (unpaired) electrons. The first-order valence-electron chi connectivity index (χ1n) is 6.56. The summed E-state index contributed by atoms with van der Waals surface area (Å²) >= 11 is 3.24. The first-order valence-corrected chi connectivity index (χ1v) is 7.35. The summed E-state index contributed by atoms with van der Waals surface area (Å²) in [5, 5.41) is 3.40. The predicted molar refractivity (Wildman–Crippen MR) is 81.1 cm³/mol. The van der Waals surface area contributed by atoms with Crippen molar-refractivity contribution in [3.63, 3.8) is 0 Å². The van der Waals surface area contributed by atoms with Crippen molar-refractivity contribution in [2.24, 2.45) is 5.92 Å². The van der Waals surface area contributed by atoms with Crippen molar-refractivity contribution in [3.05, 3.63) is 28.5 Å². The van der Waals surface area contributed by atoms with Gasteiger partial charge in [-0.2, -0.15) is 0 Å². The molecule has 0 fully saturated rings. The summed E-state index contributed by atoms with van der Waals surface area (Å²) in [6, 6.07) is 4.86. The van der Waals surface area contributed by atoms with Gasteiger partial charge in [0.2, 0.25) is 0 Å². The fraction of sp³-hybridized carbons (Fsp3) is 0.600. The first kappa shape index (κ1) is 16.4. The summed E-state index contributed by atoms with van der Waals surface area (Å²) in [6.07, 6.45) is -0.0603. The van der Waals surface area contributed by atoms with Crippen LogP contribution < -0.4 is 10.1 Å². The van der Waals surface area contributed by atoms with Crippen LogP contribution in [-0.2, 0) is 0 Å². The van der Waals surface area contributed by atoms with Crippen LogP contribution in [-0.4, -0.2) is 18.2 Å². The Kier molecular flexibility index (Phi) is 5.81. The molecule has 0 aliphatic heterocycles.